The second-order valence-electron chi connectivity index (χ2n) is 5.51. The van der Waals surface area contributed by atoms with Crippen molar-refractivity contribution in [2.75, 3.05) is 21.3 Å². The zero-order chi connectivity index (χ0) is 19.0. The van der Waals surface area contributed by atoms with Gasteiger partial charge < -0.3 is 23.8 Å². The van der Waals surface area contributed by atoms with E-state index in [0.29, 0.717) is 39.5 Å². The number of aromatic hydroxyl groups is 1. The lowest BCUT2D eigenvalue weighted by molar-refractivity contribution is 0.324. The van der Waals surface area contributed by atoms with Crippen LogP contribution in [0.25, 0.3) is 32.5 Å². The van der Waals surface area contributed by atoms with E-state index in [-0.39, 0.29) is 5.75 Å². The molecule has 0 aliphatic carbocycles. The third-order valence-electron chi connectivity index (χ3n) is 3.90. The van der Waals surface area contributed by atoms with E-state index in [1.54, 1.807) is 30.3 Å². The summed E-state index contributed by atoms with van der Waals surface area (Å²) in [7, 11) is 4.61. The Labute approximate surface area is 158 Å². The summed E-state index contributed by atoms with van der Waals surface area (Å²) < 4.78 is 22.3. The Morgan fingerprint density at radius 1 is 0.963 bits per heavy atom. The second-order valence-corrected chi connectivity index (χ2v) is 6.54. The van der Waals surface area contributed by atoms with E-state index in [1.807, 2.05) is 0 Å². The molecular weight excluding hydrogens is 370 g/mol. The molecule has 4 rings (SSSR count). The van der Waals surface area contributed by atoms with Crippen LogP contribution in [0.1, 0.15) is 0 Å². The van der Waals surface area contributed by atoms with Crippen molar-refractivity contribution in [3.8, 4) is 45.3 Å². The average molecular weight is 385 g/mol. The molecular formula is C18H15N3O5S. The third kappa shape index (κ3) is 3.02. The Hall–Kier alpha value is -3.33. The van der Waals surface area contributed by atoms with Gasteiger partial charge in [-0.1, -0.05) is 5.16 Å². The number of fused-ring (bicyclic) bond motifs is 1. The van der Waals surface area contributed by atoms with E-state index >= 15 is 0 Å². The van der Waals surface area contributed by atoms with Gasteiger partial charge in [0, 0.05) is 5.56 Å². The first-order valence-electron chi connectivity index (χ1n) is 7.87. The minimum absolute atomic E-state index is 0.184. The van der Waals surface area contributed by atoms with Gasteiger partial charge in [0.25, 0.3) is 5.89 Å². The zero-order valence-corrected chi connectivity index (χ0v) is 15.5. The number of nitrogens with zero attached hydrogens (tertiary/aromatic N) is 3. The fraction of sp³-hybridized carbons (Fsp3) is 0.167. The monoisotopic (exact) mass is 385 g/mol. The topological polar surface area (TPSA) is 99.7 Å². The van der Waals surface area contributed by atoms with Crippen LogP contribution >= 0.6 is 11.3 Å². The Balaban J connectivity index is 1.75. The molecule has 0 saturated carbocycles. The fourth-order valence-electron chi connectivity index (χ4n) is 2.64. The molecule has 138 valence electrons. The normalized spacial score (nSPS) is 10.9. The Bertz CT molecular complexity index is 1100. The quantitative estimate of drug-likeness (QED) is 0.554. The first-order chi connectivity index (χ1) is 13.1. The number of thiazole rings is 1. The number of methoxy groups -OCH3 is 3. The largest absolute Gasteiger partial charge is 0.508 e. The first-order valence-corrected chi connectivity index (χ1v) is 8.68. The summed E-state index contributed by atoms with van der Waals surface area (Å²) in [4.78, 5) is 8.91. The summed E-state index contributed by atoms with van der Waals surface area (Å²) in [5.74, 6) is 2.30. The highest BCUT2D eigenvalue weighted by Crippen LogP contribution is 2.41. The van der Waals surface area contributed by atoms with Crippen LogP contribution < -0.4 is 14.2 Å². The van der Waals surface area contributed by atoms with Gasteiger partial charge in [-0.3, -0.25) is 0 Å². The van der Waals surface area contributed by atoms with E-state index in [1.165, 1.54) is 32.7 Å². The van der Waals surface area contributed by atoms with Gasteiger partial charge >= 0.3 is 0 Å². The summed E-state index contributed by atoms with van der Waals surface area (Å²) in [6, 6.07) is 8.44. The van der Waals surface area contributed by atoms with Crippen molar-refractivity contribution in [1.82, 2.24) is 15.1 Å². The maximum Gasteiger partial charge on any atom is 0.258 e. The molecule has 2 aromatic carbocycles. The Morgan fingerprint density at radius 2 is 1.70 bits per heavy atom. The van der Waals surface area contributed by atoms with Crippen LogP contribution in [-0.4, -0.2) is 41.6 Å². The smallest absolute Gasteiger partial charge is 0.258 e. The van der Waals surface area contributed by atoms with Crippen LogP contribution in [0.15, 0.2) is 34.9 Å². The summed E-state index contributed by atoms with van der Waals surface area (Å²) in [6.07, 6.45) is 0. The molecule has 0 aliphatic rings. The predicted molar refractivity (Wildman–Crippen MR) is 99.7 cm³/mol. The van der Waals surface area contributed by atoms with Gasteiger partial charge in [0.05, 0.1) is 31.5 Å². The lowest BCUT2D eigenvalue weighted by Crippen LogP contribution is -1.95. The zero-order valence-electron chi connectivity index (χ0n) is 14.7. The highest BCUT2D eigenvalue weighted by molar-refractivity contribution is 7.21. The molecule has 0 atom stereocenters. The minimum atomic E-state index is 0.184. The lowest BCUT2D eigenvalue weighted by Gasteiger charge is -2.12. The summed E-state index contributed by atoms with van der Waals surface area (Å²) in [5, 5.41) is 14.2. The van der Waals surface area contributed by atoms with Crippen LogP contribution in [0.3, 0.4) is 0 Å². The standard InChI is InChI=1S/C18H15N3O5S/c1-23-12-6-9(7-13(24-2)15(12)25-3)17-20-16(21-26-17)18-19-11-5-4-10(22)8-14(11)27-18/h4-8,22H,1-3H3. The van der Waals surface area contributed by atoms with Gasteiger partial charge in [0.15, 0.2) is 16.5 Å². The van der Waals surface area contributed by atoms with Crippen molar-refractivity contribution in [3.63, 3.8) is 0 Å². The summed E-state index contributed by atoms with van der Waals surface area (Å²) in [5.41, 5.74) is 1.38. The number of aromatic nitrogens is 3. The molecule has 4 aromatic rings. The molecule has 0 radical (unpaired) electrons. The van der Waals surface area contributed by atoms with Gasteiger partial charge in [-0.2, -0.15) is 4.98 Å². The third-order valence-corrected chi connectivity index (χ3v) is 4.92. The molecule has 8 nitrogen and oxygen atoms in total. The highest BCUT2D eigenvalue weighted by atomic mass is 32.1. The van der Waals surface area contributed by atoms with Crippen LogP contribution in [0.5, 0.6) is 23.0 Å². The van der Waals surface area contributed by atoms with Crippen molar-refractivity contribution in [3.05, 3.63) is 30.3 Å². The van der Waals surface area contributed by atoms with E-state index in [2.05, 4.69) is 15.1 Å². The molecule has 0 saturated heterocycles. The predicted octanol–water partition coefficient (Wildman–Crippen LogP) is 3.74. The summed E-state index contributed by atoms with van der Waals surface area (Å²) >= 11 is 1.37. The van der Waals surface area contributed by atoms with Crippen molar-refractivity contribution < 1.29 is 23.8 Å². The van der Waals surface area contributed by atoms with E-state index in [0.717, 1.165) is 10.2 Å². The van der Waals surface area contributed by atoms with E-state index < -0.39 is 0 Å². The van der Waals surface area contributed by atoms with E-state index in [9.17, 15) is 5.11 Å². The van der Waals surface area contributed by atoms with Crippen LogP contribution in [-0.2, 0) is 0 Å². The molecule has 2 heterocycles. The SMILES string of the molecule is COc1cc(-c2nc(-c3nc4ccc(O)cc4s3)no2)cc(OC)c1OC. The van der Waals surface area contributed by atoms with Gasteiger partial charge in [-0.15, -0.1) is 11.3 Å². The molecule has 2 aromatic heterocycles. The van der Waals surface area contributed by atoms with Gasteiger partial charge in [0.1, 0.15) is 5.75 Å². The number of phenols is 1. The molecule has 0 bridgehead atoms. The van der Waals surface area contributed by atoms with Crippen molar-refractivity contribution in [2.45, 2.75) is 0 Å². The second kappa shape index (κ2) is 6.76. The van der Waals surface area contributed by atoms with Crippen molar-refractivity contribution >= 4 is 21.6 Å². The maximum absolute atomic E-state index is 9.60. The van der Waals surface area contributed by atoms with E-state index in [4.69, 9.17) is 18.7 Å². The number of hydrogen-bond acceptors (Lipinski definition) is 9. The van der Waals surface area contributed by atoms with Gasteiger partial charge in [-0.25, -0.2) is 4.98 Å². The number of hydrogen-bond donors (Lipinski definition) is 1. The van der Waals surface area contributed by atoms with Crippen LogP contribution in [0, 0.1) is 0 Å². The molecule has 0 aliphatic heterocycles. The summed E-state index contributed by atoms with van der Waals surface area (Å²) in [6.45, 7) is 0. The van der Waals surface area contributed by atoms with Gasteiger partial charge in [-0.05, 0) is 30.3 Å². The number of benzene rings is 2. The molecule has 0 unspecified atom stereocenters. The molecule has 0 fully saturated rings. The molecule has 0 spiro atoms. The first kappa shape index (κ1) is 17.1. The Morgan fingerprint density at radius 3 is 2.37 bits per heavy atom. The lowest BCUT2D eigenvalue weighted by atomic mass is 10.2. The van der Waals surface area contributed by atoms with Crippen molar-refractivity contribution in [1.29, 1.82) is 0 Å². The maximum atomic E-state index is 9.60. The fourth-order valence-corrected chi connectivity index (χ4v) is 3.57. The Kier molecular flexibility index (Phi) is 4.28. The molecule has 9 heteroatoms. The number of phenolic OH excluding ortho intramolecular Hbond substituents is 1. The van der Waals surface area contributed by atoms with Gasteiger partial charge in [0.2, 0.25) is 11.6 Å². The molecule has 27 heavy (non-hydrogen) atoms. The van der Waals surface area contributed by atoms with Crippen LogP contribution in [0.2, 0.25) is 0 Å². The highest BCUT2D eigenvalue weighted by Gasteiger charge is 2.19. The number of ether oxygens (including phenoxy) is 3. The van der Waals surface area contributed by atoms with Crippen molar-refractivity contribution in [2.24, 2.45) is 0 Å². The average Bonchev–Trinajstić information content (AvgIpc) is 3.33. The molecule has 1 N–H and O–H groups in total. The number of rotatable bonds is 5. The molecule has 0 amide bonds. The van der Waals surface area contributed by atoms with Crippen LogP contribution in [0.4, 0.5) is 0 Å². The minimum Gasteiger partial charge on any atom is -0.508 e.